The minimum absolute atomic E-state index is 0.140. The first-order valence-electron chi connectivity index (χ1n) is 7.25. The maximum Gasteiger partial charge on any atom is 0.119 e. The van der Waals surface area contributed by atoms with E-state index in [1.807, 2.05) is 12.1 Å². The highest BCUT2D eigenvalue weighted by atomic mass is 16.5. The lowest BCUT2D eigenvalue weighted by molar-refractivity contribution is 0.175. The highest BCUT2D eigenvalue weighted by molar-refractivity contribution is 5.27. The molecule has 1 saturated heterocycles. The van der Waals surface area contributed by atoms with E-state index in [0.29, 0.717) is 5.92 Å². The van der Waals surface area contributed by atoms with E-state index in [-0.39, 0.29) is 6.10 Å². The third-order valence-corrected chi connectivity index (χ3v) is 3.54. The molecule has 0 spiro atoms. The van der Waals surface area contributed by atoms with E-state index in [9.17, 15) is 5.11 Å². The zero-order valence-electron chi connectivity index (χ0n) is 12.0. The van der Waals surface area contributed by atoms with E-state index in [1.165, 1.54) is 5.56 Å². The molecule has 0 aliphatic carbocycles. The van der Waals surface area contributed by atoms with Gasteiger partial charge in [-0.15, -0.1) is 0 Å². The van der Waals surface area contributed by atoms with Gasteiger partial charge in [-0.1, -0.05) is 26.0 Å². The number of hydrogen-bond donors (Lipinski definition) is 1. The van der Waals surface area contributed by atoms with Crippen molar-refractivity contribution in [1.29, 1.82) is 0 Å². The van der Waals surface area contributed by atoms with E-state index in [1.54, 1.807) is 0 Å². The average Bonchev–Trinajstić information content (AvgIpc) is 2.77. The first-order chi connectivity index (χ1) is 9.13. The Morgan fingerprint density at radius 1 is 1.32 bits per heavy atom. The Balaban J connectivity index is 1.78. The Kier molecular flexibility index (Phi) is 5.23. The topological polar surface area (TPSA) is 32.7 Å². The molecule has 0 bridgehead atoms. The fraction of sp³-hybridized carbons (Fsp3) is 0.625. The van der Waals surface area contributed by atoms with Crippen molar-refractivity contribution in [1.82, 2.24) is 4.90 Å². The number of hydrogen-bond acceptors (Lipinski definition) is 3. The summed E-state index contributed by atoms with van der Waals surface area (Å²) in [6.07, 6.45) is 1.85. The van der Waals surface area contributed by atoms with E-state index < -0.39 is 0 Å². The van der Waals surface area contributed by atoms with E-state index >= 15 is 0 Å². The summed E-state index contributed by atoms with van der Waals surface area (Å²) in [4.78, 5) is 2.29. The summed E-state index contributed by atoms with van der Waals surface area (Å²) < 4.78 is 5.71. The maximum absolute atomic E-state index is 9.50. The van der Waals surface area contributed by atoms with Gasteiger partial charge in [-0.2, -0.15) is 0 Å². The van der Waals surface area contributed by atoms with Crippen molar-refractivity contribution < 1.29 is 9.84 Å². The van der Waals surface area contributed by atoms with Gasteiger partial charge in [0, 0.05) is 19.6 Å². The second-order valence-electron chi connectivity index (χ2n) is 5.85. The van der Waals surface area contributed by atoms with Crippen LogP contribution in [0, 0.1) is 5.92 Å². The van der Waals surface area contributed by atoms with Crippen LogP contribution in [-0.2, 0) is 6.54 Å². The number of aliphatic hydroxyl groups excluding tert-OH is 1. The van der Waals surface area contributed by atoms with Gasteiger partial charge in [-0.05, 0) is 36.5 Å². The number of ether oxygens (including phenoxy) is 1. The summed E-state index contributed by atoms with van der Waals surface area (Å²) in [7, 11) is 0. The second kappa shape index (κ2) is 6.92. The molecule has 1 atom stereocenters. The largest absolute Gasteiger partial charge is 0.494 e. The Bertz CT molecular complexity index is 375. The minimum atomic E-state index is -0.140. The average molecular weight is 263 g/mol. The van der Waals surface area contributed by atoms with Crippen LogP contribution in [0.2, 0.25) is 0 Å². The van der Waals surface area contributed by atoms with Crippen LogP contribution in [-0.4, -0.2) is 35.8 Å². The van der Waals surface area contributed by atoms with E-state index in [4.69, 9.17) is 4.74 Å². The minimum Gasteiger partial charge on any atom is -0.494 e. The monoisotopic (exact) mass is 263 g/mol. The number of rotatable bonds is 6. The van der Waals surface area contributed by atoms with Gasteiger partial charge in [0.2, 0.25) is 0 Å². The van der Waals surface area contributed by atoms with Gasteiger partial charge in [0.15, 0.2) is 0 Å². The quantitative estimate of drug-likeness (QED) is 0.856. The lowest BCUT2D eigenvalue weighted by atomic mass is 10.1. The summed E-state index contributed by atoms with van der Waals surface area (Å²) in [5.74, 6) is 1.63. The van der Waals surface area contributed by atoms with Crippen LogP contribution in [0.5, 0.6) is 5.75 Å². The van der Waals surface area contributed by atoms with Gasteiger partial charge in [0.05, 0.1) is 12.7 Å². The Hall–Kier alpha value is -1.06. The molecule has 1 N–H and O–H groups in total. The SMILES string of the molecule is CC(C)CCOc1ccc(CN2CC[C@H](O)C2)cc1. The number of β-amino-alcohol motifs (C(OH)–C–C–N with tert-alkyl or cyclic N) is 1. The third kappa shape index (κ3) is 4.84. The molecule has 19 heavy (non-hydrogen) atoms. The second-order valence-corrected chi connectivity index (χ2v) is 5.85. The molecule has 0 aromatic heterocycles. The first kappa shape index (κ1) is 14.4. The highest BCUT2D eigenvalue weighted by Gasteiger charge is 2.19. The molecule has 2 rings (SSSR count). The van der Waals surface area contributed by atoms with Crippen molar-refractivity contribution in [2.75, 3.05) is 19.7 Å². The lowest BCUT2D eigenvalue weighted by Gasteiger charge is -2.15. The van der Waals surface area contributed by atoms with E-state index in [2.05, 4.69) is 30.9 Å². The molecule has 1 aliphatic heterocycles. The fourth-order valence-electron chi connectivity index (χ4n) is 2.32. The summed E-state index contributed by atoms with van der Waals surface area (Å²) in [5.41, 5.74) is 1.28. The van der Waals surface area contributed by atoms with Crippen molar-refractivity contribution in [3.05, 3.63) is 29.8 Å². The molecule has 1 heterocycles. The Morgan fingerprint density at radius 3 is 2.63 bits per heavy atom. The number of aliphatic hydroxyl groups is 1. The smallest absolute Gasteiger partial charge is 0.119 e. The zero-order valence-corrected chi connectivity index (χ0v) is 12.0. The number of nitrogens with zero attached hydrogens (tertiary/aromatic N) is 1. The van der Waals surface area contributed by atoms with Crippen LogP contribution in [0.25, 0.3) is 0 Å². The normalized spacial score (nSPS) is 20.1. The first-order valence-corrected chi connectivity index (χ1v) is 7.25. The third-order valence-electron chi connectivity index (χ3n) is 3.54. The predicted molar refractivity (Wildman–Crippen MR) is 77.3 cm³/mol. The summed E-state index contributed by atoms with van der Waals surface area (Å²) in [5, 5.41) is 9.50. The molecule has 0 saturated carbocycles. The van der Waals surface area contributed by atoms with Gasteiger partial charge in [0.25, 0.3) is 0 Å². The molecule has 1 fully saturated rings. The molecule has 3 heteroatoms. The van der Waals surface area contributed by atoms with Gasteiger partial charge < -0.3 is 9.84 Å². The van der Waals surface area contributed by atoms with Crippen LogP contribution in [0.3, 0.4) is 0 Å². The van der Waals surface area contributed by atoms with Crippen molar-refractivity contribution in [3.63, 3.8) is 0 Å². The highest BCUT2D eigenvalue weighted by Crippen LogP contribution is 2.17. The lowest BCUT2D eigenvalue weighted by Crippen LogP contribution is -2.21. The molecule has 0 amide bonds. The van der Waals surface area contributed by atoms with Gasteiger partial charge in [-0.3, -0.25) is 4.90 Å². The van der Waals surface area contributed by atoms with Crippen LogP contribution in [0.1, 0.15) is 32.3 Å². The van der Waals surface area contributed by atoms with Crippen molar-refractivity contribution in [3.8, 4) is 5.75 Å². The van der Waals surface area contributed by atoms with Gasteiger partial charge in [0.1, 0.15) is 5.75 Å². The molecule has 3 nitrogen and oxygen atoms in total. The van der Waals surface area contributed by atoms with Crippen molar-refractivity contribution in [2.45, 2.75) is 39.3 Å². The molecule has 1 aromatic rings. The van der Waals surface area contributed by atoms with Crippen LogP contribution >= 0.6 is 0 Å². The fourth-order valence-corrected chi connectivity index (χ4v) is 2.32. The molecule has 106 valence electrons. The molecule has 0 unspecified atom stereocenters. The summed E-state index contributed by atoms with van der Waals surface area (Å²) >= 11 is 0. The van der Waals surface area contributed by atoms with Crippen LogP contribution < -0.4 is 4.74 Å². The molecule has 0 radical (unpaired) electrons. The summed E-state index contributed by atoms with van der Waals surface area (Å²) in [6.45, 7) is 7.91. The van der Waals surface area contributed by atoms with Gasteiger partial charge in [-0.25, -0.2) is 0 Å². The van der Waals surface area contributed by atoms with Gasteiger partial charge >= 0.3 is 0 Å². The predicted octanol–water partition coefficient (Wildman–Crippen LogP) is 2.68. The Morgan fingerprint density at radius 2 is 2.05 bits per heavy atom. The molecule has 1 aromatic carbocycles. The Labute approximate surface area is 116 Å². The molecule has 1 aliphatic rings. The number of likely N-dealkylation sites (tertiary alicyclic amines) is 1. The number of benzene rings is 1. The van der Waals surface area contributed by atoms with E-state index in [0.717, 1.165) is 44.8 Å². The zero-order chi connectivity index (χ0) is 13.7. The maximum atomic E-state index is 9.50. The molecular weight excluding hydrogens is 238 g/mol. The van der Waals surface area contributed by atoms with Crippen LogP contribution in [0.4, 0.5) is 0 Å². The van der Waals surface area contributed by atoms with Crippen molar-refractivity contribution in [2.24, 2.45) is 5.92 Å². The summed E-state index contributed by atoms with van der Waals surface area (Å²) in [6, 6.07) is 8.33. The van der Waals surface area contributed by atoms with Crippen molar-refractivity contribution >= 4 is 0 Å². The standard InChI is InChI=1S/C16H25NO2/c1-13(2)8-10-19-16-5-3-14(4-6-16)11-17-9-7-15(18)12-17/h3-6,13,15,18H,7-12H2,1-2H3/t15-/m0/s1. The van der Waals surface area contributed by atoms with Crippen LogP contribution in [0.15, 0.2) is 24.3 Å². The molecular formula is C16H25NO2.